The molecule has 2 nitrogen and oxygen atoms in total. The van der Waals surface area contributed by atoms with Gasteiger partial charge in [-0.25, -0.2) is 0 Å². The summed E-state index contributed by atoms with van der Waals surface area (Å²) in [6, 6.07) is 9.20. The number of piperidine rings is 1. The molecule has 0 spiro atoms. The highest BCUT2D eigenvalue weighted by Crippen LogP contribution is 2.27. The molecule has 2 aliphatic rings. The van der Waals surface area contributed by atoms with Gasteiger partial charge in [0.25, 0.3) is 0 Å². The van der Waals surface area contributed by atoms with Crippen LogP contribution < -0.4 is 5.32 Å². The van der Waals surface area contributed by atoms with Crippen molar-refractivity contribution >= 4 is 0 Å². The zero-order valence-corrected chi connectivity index (χ0v) is 11.9. The second-order valence-corrected chi connectivity index (χ2v) is 6.23. The van der Waals surface area contributed by atoms with Gasteiger partial charge in [-0.15, -0.1) is 0 Å². The molecule has 2 fully saturated rings. The molecule has 1 aliphatic heterocycles. The van der Waals surface area contributed by atoms with Crippen molar-refractivity contribution in [1.29, 1.82) is 0 Å². The molecule has 0 atom stereocenters. The van der Waals surface area contributed by atoms with Crippen molar-refractivity contribution in [1.82, 2.24) is 10.2 Å². The Labute approximate surface area is 117 Å². The summed E-state index contributed by atoms with van der Waals surface area (Å²) in [5.41, 5.74) is 2.89. The van der Waals surface area contributed by atoms with E-state index in [1.165, 1.54) is 62.9 Å². The van der Waals surface area contributed by atoms with Gasteiger partial charge in [0.05, 0.1) is 0 Å². The highest BCUT2D eigenvalue weighted by Gasteiger charge is 2.20. The van der Waals surface area contributed by atoms with Crippen LogP contribution in [0.5, 0.6) is 0 Å². The number of benzene rings is 1. The van der Waals surface area contributed by atoms with Crippen molar-refractivity contribution in [2.24, 2.45) is 5.92 Å². The van der Waals surface area contributed by atoms with Crippen LogP contribution in [0.2, 0.25) is 0 Å². The van der Waals surface area contributed by atoms with Crippen molar-refractivity contribution in [3.63, 3.8) is 0 Å². The van der Waals surface area contributed by atoms with E-state index >= 15 is 0 Å². The van der Waals surface area contributed by atoms with Crippen molar-refractivity contribution in [2.45, 2.75) is 45.2 Å². The van der Waals surface area contributed by atoms with E-state index in [2.05, 4.69) is 34.5 Å². The first-order valence-electron chi connectivity index (χ1n) is 7.91. The topological polar surface area (TPSA) is 15.3 Å². The first-order valence-corrected chi connectivity index (χ1v) is 7.91. The molecule has 19 heavy (non-hydrogen) atoms. The molecule has 1 heterocycles. The summed E-state index contributed by atoms with van der Waals surface area (Å²) < 4.78 is 0. The van der Waals surface area contributed by atoms with Crippen LogP contribution in [0.25, 0.3) is 0 Å². The van der Waals surface area contributed by atoms with Crippen molar-refractivity contribution < 1.29 is 0 Å². The van der Waals surface area contributed by atoms with Crippen LogP contribution in [0.15, 0.2) is 24.3 Å². The minimum Gasteiger partial charge on any atom is -0.312 e. The third-order valence-corrected chi connectivity index (χ3v) is 4.34. The average molecular weight is 258 g/mol. The van der Waals surface area contributed by atoms with Gasteiger partial charge in [-0.3, -0.25) is 4.90 Å². The molecule has 1 N–H and O–H groups in total. The van der Waals surface area contributed by atoms with E-state index < -0.39 is 0 Å². The molecule has 1 aromatic carbocycles. The summed E-state index contributed by atoms with van der Waals surface area (Å²) in [7, 11) is 0. The molecule has 0 unspecified atom stereocenters. The quantitative estimate of drug-likeness (QED) is 0.843. The Morgan fingerprint density at radius 1 is 0.947 bits per heavy atom. The molecule has 2 heteroatoms. The van der Waals surface area contributed by atoms with Gasteiger partial charge in [0.2, 0.25) is 0 Å². The fourth-order valence-corrected chi connectivity index (χ4v) is 2.88. The Hall–Kier alpha value is -0.860. The van der Waals surface area contributed by atoms with E-state index in [-0.39, 0.29) is 0 Å². The lowest BCUT2D eigenvalue weighted by atomic mass is 10.1. The van der Waals surface area contributed by atoms with E-state index in [1.54, 1.807) is 0 Å². The van der Waals surface area contributed by atoms with Crippen LogP contribution in [0, 0.1) is 5.92 Å². The normalized spacial score (nSPS) is 20.6. The number of hydrogen-bond acceptors (Lipinski definition) is 2. The van der Waals surface area contributed by atoms with Crippen molar-refractivity contribution in [3.05, 3.63) is 35.4 Å². The molecule has 0 aromatic heterocycles. The van der Waals surface area contributed by atoms with Crippen LogP contribution in [0.1, 0.15) is 43.2 Å². The van der Waals surface area contributed by atoms with Gasteiger partial charge in [0, 0.05) is 13.1 Å². The fourth-order valence-electron chi connectivity index (χ4n) is 2.88. The summed E-state index contributed by atoms with van der Waals surface area (Å²) in [4.78, 5) is 2.59. The lowest BCUT2D eigenvalue weighted by Gasteiger charge is -2.26. The second-order valence-electron chi connectivity index (χ2n) is 6.23. The minimum absolute atomic E-state index is 0.971. The summed E-state index contributed by atoms with van der Waals surface area (Å²) in [5.74, 6) is 0.971. The van der Waals surface area contributed by atoms with Gasteiger partial charge in [-0.1, -0.05) is 30.7 Å². The van der Waals surface area contributed by atoms with Crippen LogP contribution in [0.3, 0.4) is 0 Å². The van der Waals surface area contributed by atoms with Gasteiger partial charge in [0.1, 0.15) is 0 Å². The third-order valence-electron chi connectivity index (χ3n) is 4.34. The molecule has 1 aromatic rings. The number of nitrogens with one attached hydrogen (secondary N) is 1. The average Bonchev–Trinajstić information content (AvgIpc) is 3.26. The van der Waals surface area contributed by atoms with Gasteiger partial charge in [-0.2, -0.15) is 0 Å². The maximum atomic E-state index is 3.55. The Morgan fingerprint density at radius 3 is 2.32 bits per heavy atom. The third kappa shape index (κ3) is 4.32. The first-order chi connectivity index (χ1) is 9.40. The molecule has 1 aliphatic carbocycles. The molecule has 1 saturated heterocycles. The first kappa shape index (κ1) is 13.1. The second kappa shape index (κ2) is 6.53. The lowest BCUT2D eigenvalue weighted by Crippen LogP contribution is -2.29. The zero-order chi connectivity index (χ0) is 12.9. The molecular formula is C17H26N2. The Bertz CT molecular complexity index is 375. The van der Waals surface area contributed by atoms with Crippen LogP contribution >= 0.6 is 0 Å². The predicted octanol–water partition coefficient (Wildman–Crippen LogP) is 3.17. The molecule has 104 valence electrons. The van der Waals surface area contributed by atoms with E-state index in [1.807, 2.05) is 0 Å². The molecule has 0 bridgehead atoms. The maximum Gasteiger partial charge on any atom is 0.0233 e. The van der Waals surface area contributed by atoms with E-state index in [0.717, 1.165) is 19.0 Å². The standard InChI is InChI=1S/C17H26N2/c1-2-10-19(11-3-1)14-17-8-6-16(7-9-17)13-18-12-15-4-5-15/h6-9,15,18H,1-5,10-14H2. The van der Waals surface area contributed by atoms with Gasteiger partial charge in [0.15, 0.2) is 0 Å². The maximum absolute atomic E-state index is 3.55. The van der Waals surface area contributed by atoms with Gasteiger partial charge < -0.3 is 5.32 Å². The SMILES string of the molecule is c1cc(CN2CCCCC2)ccc1CNCC1CC1. The Balaban J connectivity index is 1.44. The van der Waals surface area contributed by atoms with Gasteiger partial charge >= 0.3 is 0 Å². The van der Waals surface area contributed by atoms with Crippen LogP contribution in [-0.4, -0.2) is 24.5 Å². The van der Waals surface area contributed by atoms with E-state index in [4.69, 9.17) is 0 Å². The summed E-state index contributed by atoms with van der Waals surface area (Å²) in [6.45, 7) is 5.93. The summed E-state index contributed by atoms with van der Waals surface area (Å²) in [6.07, 6.45) is 7.04. The molecule has 0 radical (unpaired) electrons. The van der Waals surface area contributed by atoms with Crippen LogP contribution in [-0.2, 0) is 13.1 Å². The zero-order valence-electron chi connectivity index (χ0n) is 11.9. The monoisotopic (exact) mass is 258 g/mol. The predicted molar refractivity (Wildman–Crippen MR) is 80.0 cm³/mol. The Kier molecular flexibility index (Phi) is 4.52. The summed E-state index contributed by atoms with van der Waals surface area (Å²) >= 11 is 0. The number of rotatable bonds is 6. The van der Waals surface area contributed by atoms with E-state index in [0.29, 0.717) is 0 Å². The number of nitrogens with zero attached hydrogens (tertiary/aromatic N) is 1. The lowest BCUT2D eigenvalue weighted by molar-refractivity contribution is 0.221. The number of hydrogen-bond donors (Lipinski definition) is 1. The molecular weight excluding hydrogens is 232 g/mol. The van der Waals surface area contributed by atoms with Crippen LogP contribution in [0.4, 0.5) is 0 Å². The molecule has 3 rings (SSSR count). The number of likely N-dealkylation sites (tertiary alicyclic amines) is 1. The highest BCUT2D eigenvalue weighted by atomic mass is 15.1. The van der Waals surface area contributed by atoms with Gasteiger partial charge in [-0.05, 0) is 62.4 Å². The fraction of sp³-hybridized carbons (Fsp3) is 0.647. The van der Waals surface area contributed by atoms with Crippen molar-refractivity contribution in [2.75, 3.05) is 19.6 Å². The van der Waals surface area contributed by atoms with E-state index in [9.17, 15) is 0 Å². The molecule has 0 amide bonds. The largest absolute Gasteiger partial charge is 0.312 e. The summed E-state index contributed by atoms with van der Waals surface area (Å²) in [5, 5.41) is 3.55. The molecule has 1 saturated carbocycles. The Morgan fingerprint density at radius 2 is 1.63 bits per heavy atom. The smallest absolute Gasteiger partial charge is 0.0233 e. The van der Waals surface area contributed by atoms with Crippen molar-refractivity contribution in [3.8, 4) is 0 Å². The highest BCUT2D eigenvalue weighted by molar-refractivity contribution is 5.22. The minimum atomic E-state index is 0.971.